The van der Waals surface area contributed by atoms with Crippen LogP contribution in [0.25, 0.3) is 5.69 Å². The van der Waals surface area contributed by atoms with E-state index in [1.54, 1.807) is 62.7 Å². The lowest BCUT2D eigenvalue weighted by Crippen LogP contribution is -2.32. The summed E-state index contributed by atoms with van der Waals surface area (Å²) in [5.41, 5.74) is 9.61. The highest BCUT2D eigenvalue weighted by Gasteiger charge is 2.25. The van der Waals surface area contributed by atoms with Gasteiger partial charge in [0.15, 0.2) is 5.78 Å². The van der Waals surface area contributed by atoms with E-state index in [1.807, 2.05) is 36.4 Å². The van der Waals surface area contributed by atoms with E-state index < -0.39 is 23.4 Å². The van der Waals surface area contributed by atoms with Gasteiger partial charge in [-0.2, -0.15) is 5.10 Å². The highest BCUT2D eigenvalue weighted by Crippen LogP contribution is 2.31. The number of hydrogen-bond acceptors (Lipinski definition) is 6. The molecule has 1 aliphatic carbocycles. The minimum Gasteiger partial charge on any atom is -0.444 e. The van der Waals surface area contributed by atoms with Crippen LogP contribution in [0.2, 0.25) is 0 Å². The molecule has 10 heteroatoms. The van der Waals surface area contributed by atoms with Crippen molar-refractivity contribution >= 4 is 17.8 Å². The SMILES string of the molecule is Cc1cc(C(=O)Cc2cc(C(NCC3CC3)c3ccc(C(N)=O)cc3)ccc2F)n(-c2cccc(CNC(=O)OC(C)(C)C)c2)n1. The van der Waals surface area contributed by atoms with E-state index in [2.05, 4.69) is 15.7 Å². The highest BCUT2D eigenvalue weighted by molar-refractivity contribution is 5.96. The Balaban J connectivity index is 1.37. The summed E-state index contributed by atoms with van der Waals surface area (Å²) in [7, 11) is 0. The third-order valence-corrected chi connectivity index (χ3v) is 7.70. The van der Waals surface area contributed by atoms with Crippen LogP contribution < -0.4 is 16.4 Å². The Morgan fingerprint density at radius 2 is 1.74 bits per heavy atom. The summed E-state index contributed by atoms with van der Waals surface area (Å²) in [6.45, 7) is 8.21. The second-order valence-corrected chi connectivity index (χ2v) is 12.8. The predicted molar refractivity (Wildman–Crippen MR) is 173 cm³/mol. The first-order valence-corrected chi connectivity index (χ1v) is 15.4. The number of aryl methyl sites for hydroxylation is 1. The van der Waals surface area contributed by atoms with Crippen LogP contribution in [0.3, 0.4) is 0 Å². The van der Waals surface area contributed by atoms with Gasteiger partial charge in [-0.1, -0.05) is 36.4 Å². The van der Waals surface area contributed by atoms with Crippen LogP contribution in [-0.4, -0.2) is 39.7 Å². The van der Waals surface area contributed by atoms with Crippen molar-refractivity contribution in [3.63, 3.8) is 0 Å². The fourth-order valence-corrected chi connectivity index (χ4v) is 5.23. The zero-order chi connectivity index (χ0) is 33.0. The van der Waals surface area contributed by atoms with Crippen molar-refractivity contribution in [1.29, 1.82) is 0 Å². The Labute approximate surface area is 268 Å². The normalized spacial score (nSPS) is 13.7. The molecule has 0 radical (unpaired) electrons. The maximum absolute atomic E-state index is 15.2. The first-order chi connectivity index (χ1) is 21.9. The Kier molecular flexibility index (Phi) is 9.67. The van der Waals surface area contributed by atoms with Crippen LogP contribution in [-0.2, 0) is 17.7 Å². The van der Waals surface area contributed by atoms with Crippen LogP contribution in [0.15, 0.2) is 72.8 Å². The van der Waals surface area contributed by atoms with E-state index in [9.17, 15) is 14.4 Å². The molecule has 1 aromatic heterocycles. The number of ether oxygens (including phenoxy) is 1. The summed E-state index contributed by atoms with van der Waals surface area (Å²) in [6.07, 6.45) is 1.64. The highest BCUT2D eigenvalue weighted by atomic mass is 19.1. The third-order valence-electron chi connectivity index (χ3n) is 7.70. The van der Waals surface area contributed by atoms with Crippen LogP contribution in [0.1, 0.15) is 88.4 Å². The van der Waals surface area contributed by atoms with E-state index in [0.717, 1.165) is 23.2 Å². The maximum atomic E-state index is 15.2. The molecule has 1 atom stereocenters. The molecule has 1 fully saturated rings. The number of amides is 2. The molecule has 1 heterocycles. The Morgan fingerprint density at radius 1 is 1.02 bits per heavy atom. The topological polar surface area (TPSA) is 128 Å². The van der Waals surface area contributed by atoms with Crippen molar-refractivity contribution < 1.29 is 23.5 Å². The summed E-state index contributed by atoms with van der Waals surface area (Å²) in [5.74, 6) is -0.665. The Morgan fingerprint density at radius 3 is 2.41 bits per heavy atom. The van der Waals surface area contributed by atoms with Gasteiger partial charge in [0.05, 0.1) is 17.4 Å². The molecule has 1 saturated carbocycles. The molecule has 4 aromatic rings. The van der Waals surface area contributed by atoms with Gasteiger partial charge >= 0.3 is 6.09 Å². The van der Waals surface area contributed by atoms with E-state index in [4.69, 9.17) is 10.5 Å². The van der Waals surface area contributed by atoms with E-state index in [0.29, 0.717) is 28.6 Å². The average Bonchev–Trinajstić information content (AvgIpc) is 3.75. The number of aromatic nitrogens is 2. The van der Waals surface area contributed by atoms with Gasteiger partial charge in [-0.05, 0) is 112 Å². The quantitative estimate of drug-likeness (QED) is 0.167. The standard InChI is InChI=1S/C36H40FN5O4/c1-22-16-31(42(41-22)29-7-5-6-24(17-29)21-40-35(45)46-36(2,3)4)32(43)19-28-18-27(14-15-30(28)37)33(39-20-23-8-9-23)25-10-12-26(13-11-25)34(38)44/h5-7,10-18,23,33,39H,8-9,19-21H2,1-4H3,(H2,38,44)(H,40,45). The molecule has 0 saturated heterocycles. The number of carbonyl (C=O) groups is 3. The number of primary amides is 1. The summed E-state index contributed by atoms with van der Waals surface area (Å²) in [5, 5.41) is 10.9. The molecule has 4 N–H and O–H groups in total. The molecule has 1 aliphatic rings. The van der Waals surface area contributed by atoms with Crippen LogP contribution in [0.5, 0.6) is 0 Å². The Hall–Kier alpha value is -4.83. The minimum absolute atomic E-state index is 0.166. The number of hydrogen-bond donors (Lipinski definition) is 3. The number of carbonyl (C=O) groups excluding carboxylic acids is 3. The number of Topliss-reactive ketones (excluding diaryl/α,β-unsaturated/α-hetero) is 1. The van der Waals surface area contributed by atoms with Gasteiger partial charge in [0, 0.05) is 18.5 Å². The fraction of sp³-hybridized carbons (Fsp3) is 0.333. The smallest absolute Gasteiger partial charge is 0.407 e. The monoisotopic (exact) mass is 625 g/mol. The third kappa shape index (κ3) is 8.45. The average molecular weight is 626 g/mol. The number of nitrogens with two attached hydrogens (primary N) is 1. The van der Waals surface area contributed by atoms with Crippen molar-refractivity contribution in [2.24, 2.45) is 11.7 Å². The first-order valence-electron chi connectivity index (χ1n) is 15.4. The fourth-order valence-electron chi connectivity index (χ4n) is 5.23. The molecule has 5 rings (SSSR count). The second-order valence-electron chi connectivity index (χ2n) is 12.8. The van der Waals surface area contributed by atoms with E-state index >= 15 is 4.39 Å². The Bertz CT molecular complexity index is 1740. The van der Waals surface area contributed by atoms with Gasteiger partial charge < -0.3 is 21.1 Å². The number of alkyl carbamates (subject to hydrolysis) is 1. The van der Waals surface area contributed by atoms with Gasteiger partial charge in [-0.15, -0.1) is 0 Å². The van der Waals surface area contributed by atoms with Crippen LogP contribution >= 0.6 is 0 Å². The minimum atomic E-state index is -0.613. The molecule has 9 nitrogen and oxygen atoms in total. The number of nitrogens with zero attached hydrogens (tertiary/aromatic N) is 2. The number of halogens is 1. The number of benzene rings is 3. The van der Waals surface area contributed by atoms with Gasteiger partial charge in [0.1, 0.15) is 17.1 Å². The zero-order valence-electron chi connectivity index (χ0n) is 26.6. The zero-order valence-corrected chi connectivity index (χ0v) is 26.6. The molecular weight excluding hydrogens is 585 g/mol. The van der Waals surface area contributed by atoms with Crippen molar-refractivity contribution in [2.75, 3.05) is 6.54 Å². The van der Waals surface area contributed by atoms with Gasteiger partial charge in [0.25, 0.3) is 0 Å². The molecule has 1 unspecified atom stereocenters. The van der Waals surface area contributed by atoms with Crippen molar-refractivity contribution in [3.8, 4) is 5.69 Å². The molecule has 0 spiro atoms. The van der Waals surface area contributed by atoms with Crippen molar-refractivity contribution in [3.05, 3.63) is 118 Å². The molecule has 46 heavy (non-hydrogen) atoms. The van der Waals surface area contributed by atoms with Gasteiger partial charge in [-0.3, -0.25) is 9.59 Å². The molecule has 0 bridgehead atoms. The summed E-state index contributed by atoms with van der Waals surface area (Å²) in [4.78, 5) is 37.5. The van der Waals surface area contributed by atoms with E-state index in [1.165, 1.54) is 18.9 Å². The molecule has 0 aliphatic heterocycles. The maximum Gasteiger partial charge on any atom is 0.407 e. The molecule has 2 amide bonds. The van der Waals surface area contributed by atoms with Crippen LogP contribution in [0, 0.1) is 18.7 Å². The lowest BCUT2D eigenvalue weighted by molar-refractivity contribution is 0.0523. The summed E-state index contributed by atoms with van der Waals surface area (Å²) < 4.78 is 22.1. The number of ketones is 1. The number of rotatable bonds is 12. The largest absolute Gasteiger partial charge is 0.444 e. The lowest BCUT2D eigenvalue weighted by atomic mass is 9.94. The van der Waals surface area contributed by atoms with Gasteiger partial charge in [0.2, 0.25) is 5.91 Å². The van der Waals surface area contributed by atoms with Gasteiger partial charge in [-0.25, -0.2) is 13.9 Å². The lowest BCUT2D eigenvalue weighted by Gasteiger charge is -2.21. The summed E-state index contributed by atoms with van der Waals surface area (Å²) >= 11 is 0. The van der Waals surface area contributed by atoms with Crippen LogP contribution in [0.4, 0.5) is 9.18 Å². The second kappa shape index (κ2) is 13.7. The molecule has 3 aromatic carbocycles. The first kappa shape index (κ1) is 32.6. The summed E-state index contributed by atoms with van der Waals surface area (Å²) in [6, 6.07) is 20.7. The van der Waals surface area contributed by atoms with E-state index in [-0.39, 0.29) is 30.4 Å². The molecular formula is C36H40FN5O4. The predicted octanol–water partition coefficient (Wildman–Crippen LogP) is 5.96. The molecule has 240 valence electrons. The van der Waals surface area contributed by atoms with Crippen molar-refractivity contribution in [2.45, 2.75) is 65.1 Å². The number of nitrogens with one attached hydrogen (secondary N) is 2. The van der Waals surface area contributed by atoms with Crippen molar-refractivity contribution in [1.82, 2.24) is 20.4 Å².